The van der Waals surface area contributed by atoms with Crippen LogP contribution in [0.1, 0.15) is 42.9 Å². The van der Waals surface area contributed by atoms with E-state index in [-0.39, 0.29) is 29.5 Å². The molecule has 29 heavy (non-hydrogen) atoms. The van der Waals surface area contributed by atoms with E-state index in [1.807, 2.05) is 30.3 Å². The summed E-state index contributed by atoms with van der Waals surface area (Å²) in [7, 11) is 0. The van der Waals surface area contributed by atoms with Gasteiger partial charge in [0, 0.05) is 24.0 Å². The van der Waals surface area contributed by atoms with Crippen LogP contribution < -0.4 is 0 Å². The maximum atomic E-state index is 13.5. The number of hydrogen-bond donors (Lipinski definition) is 0. The van der Waals surface area contributed by atoms with Gasteiger partial charge < -0.3 is 9.64 Å². The first-order valence-corrected chi connectivity index (χ1v) is 10.4. The number of rotatable bonds is 3. The molecule has 0 spiro atoms. The molecule has 1 amide bonds. The van der Waals surface area contributed by atoms with E-state index >= 15 is 0 Å². The van der Waals surface area contributed by atoms with Gasteiger partial charge in [0.25, 0.3) is 5.91 Å². The number of carbonyl (C=O) groups is 2. The number of hydrogen-bond acceptors (Lipinski definition) is 4. The Morgan fingerprint density at radius 1 is 1.14 bits per heavy atom. The molecule has 1 aliphatic carbocycles. The summed E-state index contributed by atoms with van der Waals surface area (Å²) in [5.41, 5.74) is 2.22. The van der Waals surface area contributed by atoms with Gasteiger partial charge in [-0.1, -0.05) is 36.2 Å². The Bertz CT molecular complexity index is 1000. The van der Waals surface area contributed by atoms with Gasteiger partial charge >= 0.3 is 0 Å². The normalized spacial score (nSPS) is 26.2. The van der Waals surface area contributed by atoms with Crippen LogP contribution in [0.25, 0.3) is 0 Å². The molecule has 1 aromatic carbocycles. The lowest BCUT2D eigenvalue weighted by Gasteiger charge is -2.35. The second-order valence-corrected chi connectivity index (χ2v) is 8.34. The summed E-state index contributed by atoms with van der Waals surface area (Å²) >= 11 is 6.24. The molecule has 3 heterocycles. The van der Waals surface area contributed by atoms with Crippen molar-refractivity contribution in [2.24, 2.45) is 5.92 Å². The van der Waals surface area contributed by atoms with E-state index in [2.05, 4.69) is 4.98 Å². The fourth-order valence-corrected chi connectivity index (χ4v) is 4.97. The number of halogens is 1. The van der Waals surface area contributed by atoms with Crippen LogP contribution >= 0.6 is 11.6 Å². The lowest BCUT2D eigenvalue weighted by Crippen LogP contribution is -2.39. The summed E-state index contributed by atoms with van der Waals surface area (Å²) in [6.07, 6.45) is 6.95. The lowest BCUT2D eigenvalue weighted by molar-refractivity contribution is -0.135. The van der Waals surface area contributed by atoms with Crippen molar-refractivity contribution in [2.45, 2.75) is 44.4 Å². The van der Waals surface area contributed by atoms with Crippen LogP contribution in [-0.2, 0) is 20.9 Å². The summed E-state index contributed by atoms with van der Waals surface area (Å²) in [5, 5.41) is 0.574. The molecular formula is C23H21ClN2O3. The van der Waals surface area contributed by atoms with Crippen molar-refractivity contribution in [3.8, 4) is 0 Å². The highest BCUT2D eigenvalue weighted by atomic mass is 35.5. The topological polar surface area (TPSA) is 59.5 Å². The third-order valence-electron chi connectivity index (χ3n) is 6.10. The standard InChI is InChI=1S/C23H21ClN2O3/c24-16-7-3-6-15(11-16)20-19-21(27)17-8-1-2-9-18(17)29-22(19)23(28)26(20)13-14-5-4-10-25-12-14/h3-7,10-12,17-18,20H,1-2,8-9,13H2. The SMILES string of the molecule is O=C1C2=C(OC3CCCCC13)C(=O)N(Cc1cccnc1)C2c1cccc(Cl)c1. The maximum absolute atomic E-state index is 13.5. The van der Waals surface area contributed by atoms with Crippen molar-refractivity contribution in [1.82, 2.24) is 9.88 Å². The zero-order valence-electron chi connectivity index (χ0n) is 15.9. The number of fused-ring (bicyclic) bond motifs is 1. The van der Waals surface area contributed by atoms with Crippen molar-refractivity contribution >= 4 is 23.3 Å². The van der Waals surface area contributed by atoms with E-state index in [4.69, 9.17) is 16.3 Å². The van der Waals surface area contributed by atoms with Gasteiger partial charge in [0.05, 0.1) is 17.5 Å². The Labute approximate surface area is 174 Å². The van der Waals surface area contributed by atoms with Crippen LogP contribution in [0, 0.1) is 5.92 Å². The average molecular weight is 409 g/mol. The highest BCUT2D eigenvalue weighted by Gasteiger charge is 2.51. The van der Waals surface area contributed by atoms with E-state index in [0.29, 0.717) is 17.1 Å². The molecule has 3 aliphatic rings. The molecule has 148 valence electrons. The second kappa shape index (κ2) is 7.30. The predicted octanol–water partition coefficient (Wildman–Crippen LogP) is 4.23. The Morgan fingerprint density at radius 3 is 2.79 bits per heavy atom. The third kappa shape index (κ3) is 3.14. The highest BCUT2D eigenvalue weighted by Crippen LogP contribution is 2.47. The molecule has 0 bridgehead atoms. The molecule has 6 heteroatoms. The predicted molar refractivity (Wildman–Crippen MR) is 108 cm³/mol. The molecular weight excluding hydrogens is 388 g/mol. The van der Waals surface area contributed by atoms with Gasteiger partial charge in [-0.15, -0.1) is 0 Å². The lowest BCUT2D eigenvalue weighted by atomic mass is 9.77. The fraction of sp³-hybridized carbons (Fsp3) is 0.348. The fourth-order valence-electron chi connectivity index (χ4n) is 4.77. The molecule has 2 aromatic rings. The molecule has 1 saturated carbocycles. The number of ketones is 1. The van der Waals surface area contributed by atoms with Crippen LogP contribution in [0.2, 0.25) is 5.02 Å². The maximum Gasteiger partial charge on any atom is 0.290 e. The van der Waals surface area contributed by atoms with Crippen molar-refractivity contribution in [3.05, 3.63) is 76.3 Å². The summed E-state index contributed by atoms with van der Waals surface area (Å²) in [5.74, 6) is -0.100. The largest absolute Gasteiger partial charge is 0.483 e. The molecule has 5 rings (SSSR count). The van der Waals surface area contributed by atoms with E-state index in [1.54, 1.807) is 23.4 Å². The van der Waals surface area contributed by atoms with Gasteiger partial charge in [0.2, 0.25) is 0 Å². The van der Waals surface area contributed by atoms with E-state index < -0.39 is 6.04 Å². The van der Waals surface area contributed by atoms with Crippen LogP contribution in [0.3, 0.4) is 0 Å². The van der Waals surface area contributed by atoms with E-state index in [0.717, 1.165) is 36.8 Å². The molecule has 0 saturated heterocycles. The summed E-state index contributed by atoms with van der Waals surface area (Å²) in [4.78, 5) is 32.7. The number of pyridine rings is 1. The van der Waals surface area contributed by atoms with Crippen LogP contribution in [-0.4, -0.2) is 27.7 Å². The summed E-state index contributed by atoms with van der Waals surface area (Å²) in [6, 6.07) is 10.6. The minimum absolute atomic E-state index is 0.0583. The summed E-state index contributed by atoms with van der Waals surface area (Å²) in [6.45, 7) is 0.350. The molecule has 2 aliphatic heterocycles. The molecule has 3 atom stereocenters. The van der Waals surface area contributed by atoms with E-state index in [9.17, 15) is 9.59 Å². The van der Waals surface area contributed by atoms with Crippen LogP contribution in [0.15, 0.2) is 60.1 Å². The van der Waals surface area contributed by atoms with Crippen LogP contribution in [0.5, 0.6) is 0 Å². The number of carbonyl (C=O) groups excluding carboxylic acids is 2. The van der Waals surface area contributed by atoms with Gasteiger partial charge in [0.15, 0.2) is 11.5 Å². The van der Waals surface area contributed by atoms with Crippen molar-refractivity contribution < 1.29 is 14.3 Å². The van der Waals surface area contributed by atoms with Crippen molar-refractivity contribution in [1.29, 1.82) is 0 Å². The van der Waals surface area contributed by atoms with Crippen LogP contribution in [0.4, 0.5) is 0 Å². The first-order chi connectivity index (χ1) is 14.1. The number of benzene rings is 1. The minimum Gasteiger partial charge on any atom is -0.483 e. The quantitative estimate of drug-likeness (QED) is 0.762. The number of ether oxygens (including phenoxy) is 1. The van der Waals surface area contributed by atoms with Gasteiger partial charge in [-0.05, 0) is 48.6 Å². The Kier molecular flexibility index (Phi) is 4.63. The van der Waals surface area contributed by atoms with Gasteiger partial charge in [-0.2, -0.15) is 0 Å². The molecule has 1 fully saturated rings. The minimum atomic E-state index is -0.494. The first kappa shape index (κ1) is 18.4. The molecule has 1 aromatic heterocycles. The van der Waals surface area contributed by atoms with Crippen molar-refractivity contribution in [3.63, 3.8) is 0 Å². The van der Waals surface area contributed by atoms with Gasteiger partial charge in [-0.25, -0.2) is 0 Å². The molecule has 5 nitrogen and oxygen atoms in total. The Balaban J connectivity index is 1.60. The van der Waals surface area contributed by atoms with E-state index in [1.165, 1.54) is 0 Å². The Hall–Kier alpha value is -2.66. The second-order valence-electron chi connectivity index (χ2n) is 7.91. The smallest absolute Gasteiger partial charge is 0.290 e. The number of nitrogens with zero attached hydrogens (tertiary/aromatic N) is 2. The Morgan fingerprint density at radius 2 is 2.00 bits per heavy atom. The molecule has 3 unspecified atom stereocenters. The molecule has 0 N–H and O–H groups in total. The first-order valence-electron chi connectivity index (χ1n) is 10.0. The zero-order chi connectivity index (χ0) is 20.0. The number of aromatic nitrogens is 1. The monoisotopic (exact) mass is 408 g/mol. The number of amides is 1. The zero-order valence-corrected chi connectivity index (χ0v) is 16.6. The van der Waals surface area contributed by atoms with Gasteiger partial charge in [-0.3, -0.25) is 14.6 Å². The summed E-state index contributed by atoms with van der Waals surface area (Å²) < 4.78 is 6.17. The average Bonchev–Trinajstić information content (AvgIpc) is 3.01. The number of Topliss-reactive ketones (excluding diaryl/α,β-unsaturated/α-hetero) is 1. The van der Waals surface area contributed by atoms with Crippen molar-refractivity contribution in [2.75, 3.05) is 0 Å². The van der Waals surface area contributed by atoms with Gasteiger partial charge in [0.1, 0.15) is 6.10 Å². The molecule has 0 radical (unpaired) electrons. The third-order valence-corrected chi connectivity index (χ3v) is 6.33. The highest BCUT2D eigenvalue weighted by molar-refractivity contribution is 6.30.